The fraction of sp³-hybridized carbons (Fsp3) is 0.143. The van der Waals surface area contributed by atoms with Crippen molar-refractivity contribution in [2.24, 2.45) is 0 Å². The van der Waals surface area contributed by atoms with E-state index in [0.29, 0.717) is 17.1 Å². The SMILES string of the molecule is Cc1ccc(Oc2cc(F)cc(CCl)c2)c(Br)c1. The minimum atomic E-state index is -0.355. The number of alkyl halides is 1. The van der Waals surface area contributed by atoms with E-state index in [4.69, 9.17) is 16.3 Å². The monoisotopic (exact) mass is 328 g/mol. The molecular weight excluding hydrogens is 319 g/mol. The molecule has 0 radical (unpaired) electrons. The van der Waals surface area contributed by atoms with Gasteiger partial charge in [0.15, 0.2) is 0 Å². The molecule has 0 spiro atoms. The van der Waals surface area contributed by atoms with E-state index in [2.05, 4.69) is 15.9 Å². The molecule has 0 unspecified atom stereocenters. The summed E-state index contributed by atoms with van der Waals surface area (Å²) in [5.74, 6) is 0.983. The summed E-state index contributed by atoms with van der Waals surface area (Å²) in [6, 6.07) is 10.2. The van der Waals surface area contributed by atoms with Gasteiger partial charge >= 0.3 is 0 Å². The molecule has 2 rings (SSSR count). The van der Waals surface area contributed by atoms with E-state index in [1.54, 1.807) is 6.07 Å². The van der Waals surface area contributed by atoms with Gasteiger partial charge in [0.05, 0.1) is 4.47 Å². The topological polar surface area (TPSA) is 9.23 Å². The van der Waals surface area contributed by atoms with Gasteiger partial charge < -0.3 is 4.74 Å². The van der Waals surface area contributed by atoms with Crippen molar-refractivity contribution in [2.45, 2.75) is 12.8 Å². The maximum atomic E-state index is 13.3. The van der Waals surface area contributed by atoms with Crippen molar-refractivity contribution in [3.63, 3.8) is 0 Å². The molecule has 0 saturated heterocycles. The van der Waals surface area contributed by atoms with Crippen molar-refractivity contribution in [3.8, 4) is 11.5 Å². The smallest absolute Gasteiger partial charge is 0.141 e. The van der Waals surface area contributed by atoms with Gasteiger partial charge in [-0.2, -0.15) is 0 Å². The van der Waals surface area contributed by atoms with E-state index in [0.717, 1.165) is 10.0 Å². The summed E-state index contributed by atoms with van der Waals surface area (Å²) in [6.07, 6.45) is 0. The molecule has 0 aliphatic heterocycles. The van der Waals surface area contributed by atoms with Gasteiger partial charge in [0.1, 0.15) is 17.3 Å². The van der Waals surface area contributed by atoms with Crippen molar-refractivity contribution in [3.05, 3.63) is 57.8 Å². The Labute approximate surface area is 119 Å². The molecule has 1 nitrogen and oxygen atoms in total. The van der Waals surface area contributed by atoms with Crippen LogP contribution in [0, 0.1) is 12.7 Å². The Morgan fingerprint density at radius 2 is 2.00 bits per heavy atom. The molecule has 0 N–H and O–H groups in total. The molecule has 0 atom stereocenters. The van der Waals surface area contributed by atoms with Crippen LogP contribution in [0.1, 0.15) is 11.1 Å². The quantitative estimate of drug-likeness (QED) is 0.682. The van der Waals surface area contributed by atoms with Crippen molar-refractivity contribution in [2.75, 3.05) is 0 Å². The van der Waals surface area contributed by atoms with E-state index in [-0.39, 0.29) is 11.7 Å². The molecule has 18 heavy (non-hydrogen) atoms. The summed E-state index contributed by atoms with van der Waals surface area (Å²) in [5.41, 5.74) is 1.81. The minimum absolute atomic E-state index is 0.253. The summed E-state index contributed by atoms with van der Waals surface area (Å²) in [7, 11) is 0. The highest BCUT2D eigenvalue weighted by Crippen LogP contribution is 2.31. The van der Waals surface area contributed by atoms with E-state index < -0.39 is 0 Å². The lowest BCUT2D eigenvalue weighted by molar-refractivity contribution is 0.473. The van der Waals surface area contributed by atoms with Crippen LogP contribution in [0.4, 0.5) is 4.39 Å². The van der Waals surface area contributed by atoms with Crippen LogP contribution in [0.2, 0.25) is 0 Å². The molecule has 0 aliphatic carbocycles. The van der Waals surface area contributed by atoms with Crippen molar-refractivity contribution in [1.29, 1.82) is 0 Å². The fourth-order valence-corrected chi connectivity index (χ4v) is 2.30. The number of hydrogen-bond acceptors (Lipinski definition) is 1. The lowest BCUT2D eigenvalue weighted by Gasteiger charge is -2.09. The van der Waals surface area contributed by atoms with Gasteiger partial charge in [-0.3, -0.25) is 0 Å². The van der Waals surface area contributed by atoms with E-state index in [9.17, 15) is 4.39 Å². The first-order valence-electron chi connectivity index (χ1n) is 5.38. The molecule has 0 bridgehead atoms. The lowest BCUT2D eigenvalue weighted by atomic mass is 10.2. The van der Waals surface area contributed by atoms with Gasteiger partial charge in [-0.15, -0.1) is 11.6 Å². The predicted molar refractivity (Wildman–Crippen MR) is 74.9 cm³/mol. The van der Waals surface area contributed by atoms with Crippen LogP contribution >= 0.6 is 27.5 Å². The molecule has 0 aliphatic rings. The van der Waals surface area contributed by atoms with Crippen LogP contribution in [0.25, 0.3) is 0 Å². The average Bonchev–Trinajstić information content (AvgIpc) is 2.32. The molecule has 0 aromatic heterocycles. The number of hydrogen-bond donors (Lipinski definition) is 0. The number of benzene rings is 2. The van der Waals surface area contributed by atoms with Crippen molar-refractivity contribution < 1.29 is 9.13 Å². The zero-order chi connectivity index (χ0) is 13.1. The van der Waals surface area contributed by atoms with Crippen molar-refractivity contribution >= 4 is 27.5 Å². The predicted octanol–water partition coefficient (Wildman–Crippen LogP) is 5.43. The first-order valence-corrected chi connectivity index (χ1v) is 6.70. The van der Waals surface area contributed by atoms with E-state index >= 15 is 0 Å². The number of halogens is 3. The molecule has 4 heteroatoms. The highest BCUT2D eigenvalue weighted by Gasteiger charge is 2.06. The second-order valence-corrected chi connectivity index (χ2v) is 5.09. The molecule has 94 valence electrons. The Hall–Kier alpha value is -1.06. The molecule has 0 amide bonds. The zero-order valence-electron chi connectivity index (χ0n) is 9.71. The number of rotatable bonds is 3. The van der Waals surface area contributed by atoms with Gasteiger partial charge in [0.25, 0.3) is 0 Å². The maximum Gasteiger partial charge on any atom is 0.141 e. The summed E-state index contributed by atoms with van der Waals surface area (Å²) < 4.78 is 19.8. The van der Waals surface area contributed by atoms with Gasteiger partial charge in [0, 0.05) is 11.9 Å². The van der Waals surface area contributed by atoms with Crippen LogP contribution in [-0.2, 0) is 5.88 Å². The first-order chi connectivity index (χ1) is 8.58. The Bertz CT molecular complexity index is 572. The summed E-state index contributed by atoms with van der Waals surface area (Å²) in [5, 5.41) is 0. The van der Waals surface area contributed by atoms with E-state index in [1.807, 2.05) is 25.1 Å². The molecule has 2 aromatic carbocycles. The highest BCUT2D eigenvalue weighted by atomic mass is 79.9. The van der Waals surface area contributed by atoms with Crippen LogP contribution in [-0.4, -0.2) is 0 Å². The van der Waals surface area contributed by atoms with E-state index in [1.165, 1.54) is 12.1 Å². The third-order valence-corrected chi connectivity index (χ3v) is 3.33. The second-order valence-electron chi connectivity index (χ2n) is 3.96. The summed E-state index contributed by atoms with van der Waals surface area (Å²) >= 11 is 9.11. The van der Waals surface area contributed by atoms with Gasteiger partial charge in [0.2, 0.25) is 0 Å². The average molecular weight is 330 g/mol. The molecule has 0 heterocycles. The standard InChI is InChI=1S/C14H11BrClFO/c1-9-2-3-14(13(15)4-9)18-12-6-10(8-16)5-11(17)7-12/h2-7H,8H2,1H3. The van der Waals surface area contributed by atoms with Gasteiger partial charge in [-0.1, -0.05) is 6.07 Å². The second kappa shape index (κ2) is 5.72. The van der Waals surface area contributed by atoms with Gasteiger partial charge in [-0.05, 0) is 58.2 Å². The maximum absolute atomic E-state index is 13.3. The van der Waals surface area contributed by atoms with Gasteiger partial charge in [-0.25, -0.2) is 4.39 Å². The Morgan fingerprint density at radius 1 is 1.22 bits per heavy atom. The lowest BCUT2D eigenvalue weighted by Crippen LogP contribution is -1.89. The molecule has 0 fully saturated rings. The number of aryl methyl sites for hydroxylation is 1. The molecular formula is C14H11BrClFO. The van der Waals surface area contributed by atoms with Crippen LogP contribution < -0.4 is 4.74 Å². The van der Waals surface area contributed by atoms with Crippen LogP contribution in [0.3, 0.4) is 0 Å². The normalized spacial score (nSPS) is 10.4. The third kappa shape index (κ3) is 3.24. The number of ether oxygens (including phenoxy) is 1. The van der Waals surface area contributed by atoms with Crippen LogP contribution in [0.5, 0.6) is 11.5 Å². The molecule has 0 saturated carbocycles. The highest BCUT2D eigenvalue weighted by molar-refractivity contribution is 9.10. The molecule has 2 aromatic rings. The first kappa shape index (κ1) is 13.4. The Morgan fingerprint density at radius 3 is 2.67 bits per heavy atom. The minimum Gasteiger partial charge on any atom is -0.456 e. The van der Waals surface area contributed by atoms with Crippen LogP contribution in [0.15, 0.2) is 40.9 Å². The van der Waals surface area contributed by atoms with Crippen molar-refractivity contribution in [1.82, 2.24) is 0 Å². The summed E-state index contributed by atoms with van der Waals surface area (Å²) in [6.45, 7) is 1.99. The zero-order valence-corrected chi connectivity index (χ0v) is 12.1. The largest absolute Gasteiger partial charge is 0.456 e. The fourth-order valence-electron chi connectivity index (χ4n) is 1.57. The Balaban J connectivity index is 2.30. The summed E-state index contributed by atoms with van der Waals surface area (Å²) in [4.78, 5) is 0. The Kier molecular flexibility index (Phi) is 4.25. The third-order valence-electron chi connectivity index (χ3n) is 2.40.